The van der Waals surface area contributed by atoms with Gasteiger partial charge < -0.3 is 15.4 Å². The summed E-state index contributed by atoms with van der Waals surface area (Å²) < 4.78 is 33.0. The highest BCUT2D eigenvalue weighted by molar-refractivity contribution is 7.92. The van der Waals surface area contributed by atoms with Gasteiger partial charge in [-0.25, -0.2) is 8.42 Å². The fourth-order valence-electron chi connectivity index (χ4n) is 5.23. The van der Waals surface area contributed by atoms with Crippen molar-refractivity contribution in [1.29, 1.82) is 5.41 Å². The van der Waals surface area contributed by atoms with E-state index in [1.165, 1.54) is 31.1 Å². The minimum absolute atomic E-state index is 0.0319. The number of nitrogens with zero attached hydrogens (tertiary/aromatic N) is 1. The molecular weight excluding hydrogens is 514 g/mol. The Morgan fingerprint density at radius 3 is 2.10 bits per heavy atom. The number of amides is 1. The van der Waals surface area contributed by atoms with Crippen LogP contribution in [-0.2, 0) is 30.6 Å². The first kappa shape index (κ1) is 28.0. The Labute approximate surface area is 229 Å². The molecule has 0 aliphatic carbocycles. The van der Waals surface area contributed by atoms with Crippen molar-refractivity contribution < 1.29 is 22.7 Å². The summed E-state index contributed by atoms with van der Waals surface area (Å²) in [5, 5.41) is 6.33. The topological polar surface area (TPSA) is 131 Å². The van der Waals surface area contributed by atoms with Crippen LogP contribution in [0.1, 0.15) is 31.4 Å². The van der Waals surface area contributed by atoms with E-state index in [1.807, 2.05) is 42.5 Å². The molecule has 3 aromatic carbocycles. The van der Waals surface area contributed by atoms with Gasteiger partial charge in [0.2, 0.25) is 5.91 Å². The van der Waals surface area contributed by atoms with Crippen LogP contribution in [0.4, 0.5) is 0 Å². The Balaban J connectivity index is 1.64. The Morgan fingerprint density at radius 1 is 1.00 bits per heavy atom. The average Bonchev–Trinajstić information content (AvgIpc) is 3.15. The molecule has 1 saturated heterocycles. The van der Waals surface area contributed by atoms with Crippen molar-refractivity contribution in [1.82, 2.24) is 4.90 Å². The highest BCUT2D eigenvalue weighted by Gasteiger charge is 2.63. The van der Waals surface area contributed by atoms with Crippen LogP contribution in [0.5, 0.6) is 0 Å². The standard InChI is InChI=1S/C30H33N3O5S/c1-20-27(33(28(34)30(20,2)29(35)38-3)19-7-10-21-8-5-4-6-9-21)39(36,37)25-17-15-23(16-18-25)22-11-13-24(14-12-22)26(31)32/h4-6,8-9,11-18,20,27H,7,10,19H2,1-3H3,(H3,31,32)/t20?,27-,30-/m0/s1. The molecule has 9 heteroatoms. The van der Waals surface area contributed by atoms with Crippen molar-refractivity contribution in [3.8, 4) is 11.1 Å². The normalized spacial score (nSPS) is 21.1. The van der Waals surface area contributed by atoms with Crippen molar-refractivity contribution in [3.63, 3.8) is 0 Å². The monoisotopic (exact) mass is 547 g/mol. The van der Waals surface area contributed by atoms with E-state index < -0.39 is 38.4 Å². The van der Waals surface area contributed by atoms with Crippen molar-refractivity contribution in [2.24, 2.45) is 17.1 Å². The summed E-state index contributed by atoms with van der Waals surface area (Å²) >= 11 is 0. The number of likely N-dealkylation sites (tertiary alicyclic amines) is 1. The number of nitrogens with one attached hydrogen (secondary N) is 1. The molecule has 1 heterocycles. The molecule has 1 amide bonds. The largest absolute Gasteiger partial charge is 0.468 e. The smallest absolute Gasteiger partial charge is 0.321 e. The first-order chi connectivity index (χ1) is 18.5. The number of methoxy groups -OCH3 is 1. The number of ether oxygens (including phenoxy) is 1. The van der Waals surface area contributed by atoms with Gasteiger partial charge in [-0.05, 0) is 48.6 Å². The highest BCUT2D eigenvalue weighted by Crippen LogP contribution is 2.46. The zero-order valence-corrected chi connectivity index (χ0v) is 23.1. The molecule has 3 atom stereocenters. The lowest BCUT2D eigenvalue weighted by Gasteiger charge is -2.27. The maximum atomic E-state index is 14.0. The summed E-state index contributed by atoms with van der Waals surface area (Å²) in [6.07, 6.45) is 1.21. The molecule has 3 aromatic rings. The van der Waals surface area contributed by atoms with Crippen LogP contribution in [0.2, 0.25) is 0 Å². The fraction of sp³-hybridized carbons (Fsp3) is 0.300. The van der Waals surface area contributed by atoms with Crippen LogP contribution in [0.25, 0.3) is 11.1 Å². The lowest BCUT2D eigenvalue weighted by atomic mass is 9.80. The number of nitrogens with two attached hydrogens (primary N) is 1. The Hall–Kier alpha value is -3.98. The van der Waals surface area contributed by atoms with Crippen LogP contribution >= 0.6 is 0 Å². The molecular formula is C30H33N3O5S. The molecule has 0 saturated carbocycles. The van der Waals surface area contributed by atoms with Crippen molar-refractivity contribution >= 4 is 27.5 Å². The van der Waals surface area contributed by atoms with Gasteiger partial charge in [-0.3, -0.25) is 15.0 Å². The van der Waals surface area contributed by atoms with E-state index in [1.54, 1.807) is 31.2 Å². The third kappa shape index (κ3) is 5.18. The Kier molecular flexibility index (Phi) is 7.92. The average molecular weight is 548 g/mol. The summed E-state index contributed by atoms with van der Waals surface area (Å²) in [5.41, 5.74) is 7.23. The fourth-order valence-corrected chi connectivity index (χ4v) is 7.37. The van der Waals surface area contributed by atoms with Crippen LogP contribution in [-0.4, -0.2) is 50.1 Å². The van der Waals surface area contributed by atoms with Crippen LogP contribution in [0.15, 0.2) is 83.8 Å². The number of hydrogen-bond acceptors (Lipinski definition) is 6. The molecule has 1 aliphatic rings. The molecule has 4 rings (SSSR count). The number of nitrogen functional groups attached to an aromatic ring is 1. The van der Waals surface area contributed by atoms with Crippen LogP contribution in [0.3, 0.4) is 0 Å². The second-order valence-corrected chi connectivity index (χ2v) is 12.1. The zero-order chi connectivity index (χ0) is 28.4. The molecule has 8 nitrogen and oxygen atoms in total. The molecule has 1 aliphatic heterocycles. The molecule has 0 spiro atoms. The van der Waals surface area contributed by atoms with E-state index in [2.05, 4.69) is 0 Å². The third-order valence-electron chi connectivity index (χ3n) is 7.70. The summed E-state index contributed by atoms with van der Waals surface area (Å²) in [6, 6.07) is 23.3. The van der Waals surface area contributed by atoms with Gasteiger partial charge in [-0.15, -0.1) is 0 Å². The molecule has 1 fully saturated rings. The van der Waals surface area contributed by atoms with Gasteiger partial charge in [0.05, 0.1) is 12.0 Å². The van der Waals surface area contributed by atoms with E-state index >= 15 is 0 Å². The number of esters is 1. The van der Waals surface area contributed by atoms with Gasteiger partial charge in [0, 0.05) is 18.0 Å². The predicted octanol–water partition coefficient (Wildman–Crippen LogP) is 4.03. The summed E-state index contributed by atoms with van der Waals surface area (Å²) in [4.78, 5) is 27.8. The van der Waals surface area contributed by atoms with E-state index in [-0.39, 0.29) is 17.3 Å². The second-order valence-electron chi connectivity index (χ2n) is 10.0. The number of carbonyl (C=O) groups is 2. The Morgan fingerprint density at radius 2 is 1.56 bits per heavy atom. The van der Waals surface area contributed by atoms with Gasteiger partial charge in [0.15, 0.2) is 9.84 Å². The summed E-state index contributed by atoms with van der Waals surface area (Å²) in [6.45, 7) is 3.29. The van der Waals surface area contributed by atoms with Crippen LogP contribution in [0, 0.1) is 16.7 Å². The first-order valence-corrected chi connectivity index (χ1v) is 14.3. The van der Waals surface area contributed by atoms with Gasteiger partial charge in [-0.1, -0.05) is 73.7 Å². The molecule has 204 valence electrons. The lowest BCUT2D eigenvalue weighted by Crippen LogP contribution is -2.42. The number of amidine groups is 1. The predicted molar refractivity (Wildman–Crippen MR) is 150 cm³/mol. The van der Waals surface area contributed by atoms with Crippen LogP contribution < -0.4 is 5.73 Å². The van der Waals surface area contributed by atoms with E-state index in [0.29, 0.717) is 18.4 Å². The molecule has 39 heavy (non-hydrogen) atoms. The molecule has 0 bridgehead atoms. The minimum atomic E-state index is -4.04. The van der Waals surface area contributed by atoms with Gasteiger partial charge in [0.25, 0.3) is 0 Å². The quantitative estimate of drug-likeness (QED) is 0.180. The zero-order valence-electron chi connectivity index (χ0n) is 22.3. The first-order valence-electron chi connectivity index (χ1n) is 12.7. The van der Waals surface area contributed by atoms with Crippen molar-refractivity contribution in [3.05, 3.63) is 90.0 Å². The van der Waals surface area contributed by atoms with E-state index in [4.69, 9.17) is 15.9 Å². The third-order valence-corrected chi connectivity index (χ3v) is 9.93. The van der Waals surface area contributed by atoms with Crippen molar-refractivity contribution in [2.45, 2.75) is 37.0 Å². The van der Waals surface area contributed by atoms with Crippen molar-refractivity contribution in [2.75, 3.05) is 13.7 Å². The van der Waals surface area contributed by atoms with E-state index in [9.17, 15) is 18.0 Å². The van der Waals surface area contributed by atoms with E-state index in [0.717, 1.165) is 16.7 Å². The maximum Gasteiger partial charge on any atom is 0.321 e. The molecule has 3 N–H and O–H groups in total. The van der Waals surface area contributed by atoms with Gasteiger partial charge in [-0.2, -0.15) is 0 Å². The lowest BCUT2D eigenvalue weighted by molar-refractivity contribution is -0.159. The summed E-state index contributed by atoms with van der Waals surface area (Å²) in [7, 11) is -2.84. The Bertz CT molecular complexity index is 1470. The number of hydrogen-bond donors (Lipinski definition) is 2. The number of benzene rings is 3. The maximum absolute atomic E-state index is 14.0. The number of aryl methyl sites for hydroxylation is 1. The number of carbonyl (C=O) groups excluding carboxylic acids is 2. The number of sulfone groups is 1. The van der Waals surface area contributed by atoms with Gasteiger partial charge in [0.1, 0.15) is 16.6 Å². The number of rotatable bonds is 9. The van der Waals surface area contributed by atoms with Gasteiger partial charge >= 0.3 is 5.97 Å². The summed E-state index contributed by atoms with van der Waals surface area (Å²) in [5.74, 6) is -2.14. The molecule has 0 aromatic heterocycles. The second kappa shape index (κ2) is 11.0. The highest BCUT2D eigenvalue weighted by atomic mass is 32.2. The minimum Gasteiger partial charge on any atom is -0.468 e. The molecule has 0 radical (unpaired) electrons. The molecule has 1 unspecified atom stereocenters. The SMILES string of the molecule is COC(=O)[C@]1(C)C(=O)N(CCCc2ccccc2)[C@@H](S(=O)(=O)c2ccc(-c3ccc(C(=N)N)cc3)cc2)C1C.